The molecule has 0 unspecified atom stereocenters. The molecule has 1 aromatic carbocycles. The summed E-state index contributed by atoms with van der Waals surface area (Å²) in [4.78, 5) is 26.8. The van der Waals surface area contributed by atoms with Crippen LogP contribution in [0.3, 0.4) is 0 Å². The second-order valence-corrected chi connectivity index (χ2v) is 8.17. The van der Waals surface area contributed by atoms with Gasteiger partial charge >= 0.3 is 13.4 Å². The molecule has 2 fully saturated rings. The summed E-state index contributed by atoms with van der Waals surface area (Å²) in [6.45, 7) is 3.03. The van der Waals surface area contributed by atoms with Crippen molar-refractivity contribution in [2.45, 2.75) is 38.3 Å². The van der Waals surface area contributed by atoms with Crippen molar-refractivity contribution < 1.29 is 27.2 Å². The van der Waals surface area contributed by atoms with E-state index in [9.17, 15) is 18.2 Å². The van der Waals surface area contributed by atoms with Crippen LogP contribution in [0.2, 0.25) is 0 Å². The van der Waals surface area contributed by atoms with E-state index in [1.165, 1.54) is 13.3 Å². The minimum Gasteiger partial charge on any atom is -0.492 e. The minimum absolute atomic E-state index is 0.0486. The number of carbonyl (C=O) groups is 1. The van der Waals surface area contributed by atoms with Crippen molar-refractivity contribution in [3.63, 3.8) is 0 Å². The topological polar surface area (TPSA) is 86.8 Å². The molecule has 1 aliphatic heterocycles. The van der Waals surface area contributed by atoms with Crippen molar-refractivity contribution in [1.29, 1.82) is 0 Å². The normalized spacial score (nSPS) is 19.5. The number of nitrogens with two attached hydrogens (primary N) is 1. The molecular formula is C20H23BF3N3O4. The molecule has 1 saturated heterocycles. The Morgan fingerprint density at radius 1 is 1.32 bits per heavy atom. The van der Waals surface area contributed by atoms with Crippen LogP contribution in [0.15, 0.2) is 17.1 Å². The second-order valence-electron chi connectivity index (χ2n) is 8.17. The Morgan fingerprint density at radius 2 is 2.03 bits per heavy atom. The molecule has 2 N–H and O–H groups in total. The Hall–Kier alpha value is -2.69. The number of carbonyl (C=O) groups excluding carboxylic acids is 1. The van der Waals surface area contributed by atoms with Gasteiger partial charge in [0.05, 0.1) is 18.0 Å². The number of methoxy groups -OCH3 is 1. The van der Waals surface area contributed by atoms with E-state index >= 15 is 4.39 Å². The highest BCUT2D eigenvalue weighted by molar-refractivity contribution is 6.38. The Bertz CT molecular complexity index is 1090. The largest absolute Gasteiger partial charge is 0.798 e. The highest BCUT2D eigenvalue weighted by Gasteiger charge is 2.34. The number of ether oxygens (including phenoxy) is 1. The van der Waals surface area contributed by atoms with Crippen LogP contribution >= 0.6 is 0 Å². The Morgan fingerprint density at radius 3 is 2.58 bits per heavy atom. The molecule has 0 bridgehead atoms. The second kappa shape index (κ2) is 8.10. The number of pyridine rings is 1. The number of hydrogen-bond acceptors (Lipinski definition) is 6. The lowest BCUT2D eigenvalue weighted by Crippen LogP contribution is -2.30. The van der Waals surface area contributed by atoms with Crippen LogP contribution in [0.4, 0.5) is 18.7 Å². The summed E-state index contributed by atoms with van der Waals surface area (Å²) in [6, 6.07) is 0.948. The van der Waals surface area contributed by atoms with Crippen molar-refractivity contribution in [2.24, 2.45) is 11.7 Å². The molecule has 31 heavy (non-hydrogen) atoms. The van der Waals surface area contributed by atoms with E-state index in [1.54, 1.807) is 4.57 Å². The molecule has 0 radical (unpaired) electrons. The van der Waals surface area contributed by atoms with Crippen LogP contribution in [0.25, 0.3) is 10.9 Å². The Labute approximate surface area is 177 Å². The van der Waals surface area contributed by atoms with Crippen LogP contribution in [-0.4, -0.2) is 44.2 Å². The number of benzene rings is 1. The number of nitrogens with zero attached hydrogens (tertiary/aromatic N) is 2. The first-order chi connectivity index (χ1) is 14.7. The zero-order valence-electron chi connectivity index (χ0n) is 17.2. The fourth-order valence-corrected chi connectivity index (χ4v) is 4.28. The molecule has 1 aromatic heterocycles. The van der Waals surface area contributed by atoms with Gasteiger partial charge in [-0.2, -0.15) is 0 Å². The van der Waals surface area contributed by atoms with E-state index in [0.29, 0.717) is 18.6 Å². The fourth-order valence-electron chi connectivity index (χ4n) is 4.28. The highest BCUT2D eigenvalue weighted by Crippen LogP contribution is 2.44. The first-order valence-corrected chi connectivity index (χ1v) is 10.2. The average Bonchev–Trinajstić information content (AvgIpc) is 3.43. The van der Waals surface area contributed by atoms with Gasteiger partial charge in [0.2, 0.25) is 5.43 Å². The van der Waals surface area contributed by atoms with Crippen molar-refractivity contribution in [2.75, 3.05) is 25.1 Å². The molecular weight excluding hydrogens is 414 g/mol. The summed E-state index contributed by atoms with van der Waals surface area (Å²) in [7, 11) is -1.98. The number of anilines is 1. The molecule has 0 spiro atoms. The molecule has 2 heterocycles. The van der Waals surface area contributed by atoms with E-state index in [-0.39, 0.29) is 34.8 Å². The van der Waals surface area contributed by atoms with Crippen molar-refractivity contribution in [3.05, 3.63) is 33.9 Å². The Balaban J connectivity index is 1.92. The molecule has 1 saturated carbocycles. The van der Waals surface area contributed by atoms with Gasteiger partial charge in [0.15, 0.2) is 11.6 Å². The SMILES string of the molecule is COc1c(N2CC[C@@H]([C@@H](C)N)C2)c(F)cc2c(=O)c(C(=O)OB(F)F)cn(C3CC3)c12. The van der Waals surface area contributed by atoms with Gasteiger partial charge in [-0.15, -0.1) is 0 Å². The molecule has 2 aliphatic rings. The van der Waals surface area contributed by atoms with Crippen molar-refractivity contribution >= 4 is 30.0 Å². The maximum absolute atomic E-state index is 15.3. The first kappa shape index (κ1) is 21.5. The molecule has 2 atom stereocenters. The third-order valence-corrected chi connectivity index (χ3v) is 6.04. The summed E-state index contributed by atoms with van der Waals surface area (Å²) >= 11 is 0. The van der Waals surface area contributed by atoms with Crippen LogP contribution in [0.1, 0.15) is 42.6 Å². The number of fused-ring (bicyclic) bond motifs is 1. The summed E-state index contributed by atoms with van der Waals surface area (Å²) in [5.74, 6) is -1.76. The molecule has 1 aliphatic carbocycles. The van der Waals surface area contributed by atoms with Crippen LogP contribution < -0.4 is 20.8 Å². The van der Waals surface area contributed by atoms with E-state index < -0.39 is 30.2 Å². The van der Waals surface area contributed by atoms with Gasteiger partial charge in [-0.1, -0.05) is 0 Å². The van der Waals surface area contributed by atoms with E-state index in [1.807, 2.05) is 11.8 Å². The molecule has 11 heteroatoms. The van der Waals surface area contributed by atoms with Crippen LogP contribution in [-0.2, 0) is 4.65 Å². The van der Waals surface area contributed by atoms with Gasteiger partial charge in [0, 0.05) is 31.4 Å². The van der Waals surface area contributed by atoms with Gasteiger partial charge < -0.3 is 24.6 Å². The van der Waals surface area contributed by atoms with Gasteiger partial charge in [-0.3, -0.25) is 4.79 Å². The third-order valence-electron chi connectivity index (χ3n) is 6.04. The zero-order valence-corrected chi connectivity index (χ0v) is 17.2. The summed E-state index contributed by atoms with van der Waals surface area (Å²) in [5, 5.41) is -0.114. The molecule has 2 aromatic rings. The van der Waals surface area contributed by atoms with Crippen LogP contribution in [0.5, 0.6) is 5.75 Å². The molecule has 0 amide bonds. The lowest BCUT2D eigenvalue weighted by Gasteiger charge is -2.25. The van der Waals surface area contributed by atoms with Gasteiger partial charge in [0.25, 0.3) is 0 Å². The molecule has 7 nitrogen and oxygen atoms in total. The quantitative estimate of drug-likeness (QED) is 0.700. The number of halogens is 3. The lowest BCUT2D eigenvalue weighted by atomic mass is 10.0. The fraction of sp³-hybridized carbons (Fsp3) is 0.500. The Kier molecular flexibility index (Phi) is 5.63. The zero-order chi connectivity index (χ0) is 22.4. The third kappa shape index (κ3) is 3.86. The minimum atomic E-state index is -3.36. The van der Waals surface area contributed by atoms with Crippen molar-refractivity contribution in [1.82, 2.24) is 4.57 Å². The number of rotatable bonds is 6. The predicted octanol–water partition coefficient (Wildman–Crippen LogP) is 2.74. The van der Waals surface area contributed by atoms with E-state index in [0.717, 1.165) is 25.3 Å². The first-order valence-electron chi connectivity index (χ1n) is 10.2. The molecule has 166 valence electrons. The average molecular weight is 437 g/mol. The summed E-state index contributed by atoms with van der Waals surface area (Å²) in [6.07, 6.45) is 3.55. The van der Waals surface area contributed by atoms with Crippen LogP contribution in [0, 0.1) is 11.7 Å². The molecule has 4 rings (SSSR count). The number of aromatic nitrogens is 1. The summed E-state index contributed by atoms with van der Waals surface area (Å²) in [5.41, 5.74) is 5.14. The summed E-state index contributed by atoms with van der Waals surface area (Å²) < 4.78 is 51.5. The maximum Gasteiger partial charge on any atom is 0.798 e. The van der Waals surface area contributed by atoms with Gasteiger partial charge in [-0.25, -0.2) is 17.8 Å². The van der Waals surface area contributed by atoms with Crippen molar-refractivity contribution in [3.8, 4) is 5.75 Å². The van der Waals surface area contributed by atoms with E-state index in [4.69, 9.17) is 10.5 Å². The van der Waals surface area contributed by atoms with Gasteiger partial charge in [0.1, 0.15) is 11.3 Å². The predicted molar refractivity (Wildman–Crippen MR) is 110 cm³/mol. The number of hydrogen-bond donors (Lipinski definition) is 1. The standard InChI is InChI=1S/C20H23BF3N3O4/c1-10(25)11-5-6-26(8-11)17-15(22)7-13-16(19(17)30-2)27(12-3-4-12)9-14(18(13)28)20(29)31-21(23)24/h7,9-12H,3-6,8,25H2,1-2H3/t10-,11-/m1/s1. The monoisotopic (exact) mass is 437 g/mol. The highest BCUT2D eigenvalue weighted by atomic mass is 19.2. The smallest absolute Gasteiger partial charge is 0.492 e. The van der Waals surface area contributed by atoms with Gasteiger partial charge in [-0.05, 0) is 38.2 Å². The lowest BCUT2D eigenvalue weighted by molar-refractivity contribution is 0.0693. The van der Waals surface area contributed by atoms with E-state index in [2.05, 4.69) is 4.65 Å². The maximum atomic E-state index is 15.3.